The van der Waals surface area contributed by atoms with E-state index in [1.54, 1.807) is 0 Å². The molecule has 3 heteroatoms. The molecular weight excluding hydrogens is 162 g/mol. The first kappa shape index (κ1) is 8.75. The molecule has 1 heterocycles. The van der Waals surface area contributed by atoms with Crippen LogP contribution in [0.4, 0.5) is 0 Å². The fourth-order valence-electron chi connectivity index (χ4n) is 1.78. The number of nitrogens with two attached hydrogens (primary N) is 1. The Labute approximate surface area is 79.0 Å². The number of imidazole rings is 1. The molecule has 0 saturated heterocycles. The van der Waals surface area contributed by atoms with Gasteiger partial charge in [-0.2, -0.15) is 0 Å². The summed E-state index contributed by atoms with van der Waals surface area (Å²) < 4.78 is 2.27. The van der Waals surface area contributed by atoms with Gasteiger partial charge < -0.3 is 10.3 Å². The zero-order chi connectivity index (χ0) is 9.42. The van der Waals surface area contributed by atoms with Crippen molar-refractivity contribution in [3.8, 4) is 0 Å². The van der Waals surface area contributed by atoms with E-state index >= 15 is 0 Å². The summed E-state index contributed by atoms with van der Waals surface area (Å²) >= 11 is 0. The molecule has 13 heavy (non-hydrogen) atoms. The quantitative estimate of drug-likeness (QED) is 0.769. The van der Waals surface area contributed by atoms with Crippen LogP contribution in [0.1, 0.15) is 50.2 Å². The summed E-state index contributed by atoms with van der Waals surface area (Å²) in [5.74, 6) is 1.96. The Bertz CT molecular complexity index is 278. The molecule has 0 spiro atoms. The van der Waals surface area contributed by atoms with Crippen molar-refractivity contribution < 1.29 is 0 Å². The van der Waals surface area contributed by atoms with E-state index in [0.29, 0.717) is 5.92 Å². The molecule has 1 fully saturated rings. The molecule has 1 aromatic rings. The van der Waals surface area contributed by atoms with E-state index in [9.17, 15) is 0 Å². The lowest BCUT2D eigenvalue weighted by Crippen LogP contribution is -2.13. The van der Waals surface area contributed by atoms with Crippen molar-refractivity contribution in [2.45, 2.75) is 45.2 Å². The summed E-state index contributed by atoms with van der Waals surface area (Å²) in [5.41, 5.74) is 7.03. The molecule has 3 nitrogen and oxygen atoms in total. The summed E-state index contributed by atoms with van der Waals surface area (Å²) in [4.78, 5) is 4.45. The molecule has 1 aliphatic carbocycles. The first-order valence-corrected chi connectivity index (χ1v) is 5.05. The highest BCUT2D eigenvalue weighted by atomic mass is 15.1. The third-order valence-corrected chi connectivity index (χ3v) is 2.64. The van der Waals surface area contributed by atoms with Gasteiger partial charge in [-0.3, -0.25) is 0 Å². The minimum absolute atomic E-state index is 0.0972. The average Bonchev–Trinajstić information content (AvgIpc) is 2.84. The van der Waals surface area contributed by atoms with Crippen LogP contribution >= 0.6 is 0 Å². The second-order valence-electron chi connectivity index (χ2n) is 3.85. The molecule has 1 aliphatic rings. The van der Waals surface area contributed by atoms with Crippen LogP contribution in [0.25, 0.3) is 0 Å². The van der Waals surface area contributed by atoms with E-state index in [1.165, 1.54) is 24.4 Å². The number of aromatic nitrogens is 2. The Kier molecular flexibility index (Phi) is 2.12. The SMILES string of the molecule is CCn1c(C(C)N)cnc1C1CC1. The van der Waals surface area contributed by atoms with Crippen LogP contribution in [0.15, 0.2) is 6.20 Å². The Balaban J connectivity index is 2.35. The van der Waals surface area contributed by atoms with Gasteiger partial charge in [0.15, 0.2) is 0 Å². The van der Waals surface area contributed by atoms with Gasteiger partial charge in [0.1, 0.15) is 5.82 Å². The number of nitrogens with zero attached hydrogens (tertiary/aromatic N) is 2. The second kappa shape index (κ2) is 3.14. The molecule has 1 atom stereocenters. The van der Waals surface area contributed by atoms with Gasteiger partial charge in [0.2, 0.25) is 0 Å². The average molecular weight is 179 g/mol. The van der Waals surface area contributed by atoms with E-state index in [0.717, 1.165) is 6.54 Å². The Morgan fingerprint density at radius 3 is 2.85 bits per heavy atom. The van der Waals surface area contributed by atoms with Crippen molar-refractivity contribution in [1.29, 1.82) is 0 Å². The van der Waals surface area contributed by atoms with Gasteiger partial charge in [-0.15, -0.1) is 0 Å². The highest BCUT2D eigenvalue weighted by Gasteiger charge is 2.29. The lowest BCUT2D eigenvalue weighted by molar-refractivity contribution is 0.627. The molecule has 0 aliphatic heterocycles. The first-order chi connectivity index (χ1) is 6.24. The van der Waals surface area contributed by atoms with Crippen LogP contribution < -0.4 is 5.73 Å². The molecular formula is C10H17N3. The van der Waals surface area contributed by atoms with E-state index in [1.807, 2.05) is 13.1 Å². The molecule has 2 N–H and O–H groups in total. The van der Waals surface area contributed by atoms with Gasteiger partial charge >= 0.3 is 0 Å². The third kappa shape index (κ3) is 1.48. The van der Waals surface area contributed by atoms with Gasteiger partial charge in [-0.1, -0.05) is 0 Å². The van der Waals surface area contributed by atoms with Gasteiger partial charge in [0.25, 0.3) is 0 Å². The predicted molar refractivity (Wildman–Crippen MR) is 52.5 cm³/mol. The van der Waals surface area contributed by atoms with Crippen molar-refractivity contribution in [2.75, 3.05) is 0 Å². The smallest absolute Gasteiger partial charge is 0.112 e. The van der Waals surface area contributed by atoms with Gasteiger partial charge in [-0.05, 0) is 26.7 Å². The predicted octanol–water partition coefficient (Wildman–Crippen LogP) is 1.80. The highest BCUT2D eigenvalue weighted by molar-refractivity contribution is 5.15. The summed E-state index contributed by atoms with van der Waals surface area (Å²) in [5, 5.41) is 0. The van der Waals surface area contributed by atoms with E-state index in [2.05, 4.69) is 16.5 Å². The van der Waals surface area contributed by atoms with Crippen molar-refractivity contribution in [2.24, 2.45) is 5.73 Å². The standard InChI is InChI=1S/C10H17N3/c1-3-13-9(7(2)11)6-12-10(13)8-4-5-8/h6-8H,3-5,11H2,1-2H3. The molecule has 0 amide bonds. The molecule has 1 saturated carbocycles. The van der Waals surface area contributed by atoms with E-state index in [4.69, 9.17) is 5.73 Å². The topological polar surface area (TPSA) is 43.8 Å². The van der Waals surface area contributed by atoms with Crippen molar-refractivity contribution >= 4 is 0 Å². The highest BCUT2D eigenvalue weighted by Crippen LogP contribution is 2.39. The van der Waals surface area contributed by atoms with Crippen molar-refractivity contribution in [3.05, 3.63) is 17.7 Å². The van der Waals surface area contributed by atoms with E-state index in [-0.39, 0.29) is 6.04 Å². The monoisotopic (exact) mass is 179 g/mol. The molecule has 72 valence electrons. The molecule has 1 aromatic heterocycles. The largest absolute Gasteiger partial charge is 0.331 e. The maximum absolute atomic E-state index is 5.86. The summed E-state index contributed by atoms with van der Waals surface area (Å²) in [6.45, 7) is 5.15. The van der Waals surface area contributed by atoms with Gasteiger partial charge in [-0.25, -0.2) is 4.98 Å². The van der Waals surface area contributed by atoms with Crippen LogP contribution in [0.5, 0.6) is 0 Å². The summed E-state index contributed by atoms with van der Waals surface area (Å²) in [6.07, 6.45) is 4.53. The van der Waals surface area contributed by atoms with Crippen LogP contribution in [0, 0.1) is 0 Å². The van der Waals surface area contributed by atoms with Crippen LogP contribution in [-0.4, -0.2) is 9.55 Å². The van der Waals surface area contributed by atoms with E-state index < -0.39 is 0 Å². The number of rotatable bonds is 3. The van der Waals surface area contributed by atoms with Crippen molar-refractivity contribution in [1.82, 2.24) is 9.55 Å². The fourth-order valence-corrected chi connectivity index (χ4v) is 1.78. The molecule has 2 rings (SSSR count). The number of hydrogen-bond donors (Lipinski definition) is 1. The minimum Gasteiger partial charge on any atom is -0.331 e. The molecule has 0 radical (unpaired) electrons. The third-order valence-electron chi connectivity index (χ3n) is 2.64. The lowest BCUT2D eigenvalue weighted by Gasteiger charge is -2.10. The van der Waals surface area contributed by atoms with Crippen LogP contribution in [-0.2, 0) is 6.54 Å². The molecule has 0 bridgehead atoms. The van der Waals surface area contributed by atoms with Crippen LogP contribution in [0.2, 0.25) is 0 Å². The Morgan fingerprint density at radius 1 is 1.69 bits per heavy atom. The molecule has 0 aromatic carbocycles. The zero-order valence-electron chi connectivity index (χ0n) is 8.33. The Hall–Kier alpha value is -0.830. The van der Waals surface area contributed by atoms with Crippen molar-refractivity contribution in [3.63, 3.8) is 0 Å². The van der Waals surface area contributed by atoms with Gasteiger partial charge in [0.05, 0.1) is 11.9 Å². The summed E-state index contributed by atoms with van der Waals surface area (Å²) in [7, 11) is 0. The van der Waals surface area contributed by atoms with Crippen LogP contribution in [0.3, 0.4) is 0 Å². The Morgan fingerprint density at radius 2 is 2.38 bits per heavy atom. The summed E-state index contributed by atoms with van der Waals surface area (Å²) in [6, 6.07) is 0.0972. The van der Waals surface area contributed by atoms with Gasteiger partial charge in [0, 0.05) is 18.5 Å². The maximum Gasteiger partial charge on any atom is 0.112 e. The normalized spacial score (nSPS) is 19.0. The number of hydrogen-bond acceptors (Lipinski definition) is 2. The first-order valence-electron chi connectivity index (χ1n) is 5.05. The maximum atomic E-state index is 5.86. The molecule has 1 unspecified atom stereocenters. The lowest BCUT2D eigenvalue weighted by atomic mass is 10.2. The minimum atomic E-state index is 0.0972. The zero-order valence-corrected chi connectivity index (χ0v) is 8.33. The second-order valence-corrected chi connectivity index (χ2v) is 3.85. The fraction of sp³-hybridized carbons (Fsp3) is 0.700.